The van der Waals surface area contributed by atoms with Crippen molar-refractivity contribution < 1.29 is 4.39 Å². The van der Waals surface area contributed by atoms with Crippen LogP contribution in [0.2, 0.25) is 0 Å². The third kappa shape index (κ3) is 6.43. The largest absolute Gasteiger partial charge is 0.206 e. The number of halogens is 1. The third-order valence-electron chi connectivity index (χ3n) is 7.32. The molecule has 0 aliphatic heterocycles. The van der Waals surface area contributed by atoms with Gasteiger partial charge in [0.1, 0.15) is 5.82 Å². The van der Waals surface area contributed by atoms with Crippen LogP contribution < -0.4 is 0 Å². The second-order valence-corrected chi connectivity index (χ2v) is 9.71. The molecule has 30 heavy (non-hydrogen) atoms. The zero-order valence-electron chi connectivity index (χ0n) is 19.4. The van der Waals surface area contributed by atoms with Crippen LogP contribution in [0.15, 0.2) is 42.5 Å². The fraction of sp³-hybridized carbons (Fsp3) is 0.586. The van der Waals surface area contributed by atoms with Crippen molar-refractivity contribution in [1.29, 1.82) is 0 Å². The zero-order chi connectivity index (χ0) is 21.3. The number of hydrogen-bond acceptors (Lipinski definition) is 0. The number of benzene rings is 2. The summed E-state index contributed by atoms with van der Waals surface area (Å²) in [6.07, 6.45) is 14.0. The van der Waals surface area contributed by atoms with Crippen molar-refractivity contribution in [3.05, 3.63) is 59.4 Å². The van der Waals surface area contributed by atoms with E-state index in [1.807, 2.05) is 6.07 Å². The lowest BCUT2D eigenvalue weighted by molar-refractivity contribution is 0.177. The van der Waals surface area contributed by atoms with E-state index in [0.717, 1.165) is 53.7 Å². The lowest BCUT2D eigenvalue weighted by atomic mass is 9.72. The Morgan fingerprint density at radius 3 is 2.27 bits per heavy atom. The average Bonchev–Trinajstić information content (AvgIpc) is 2.74. The van der Waals surface area contributed by atoms with Crippen molar-refractivity contribution in [3.63, 3.8) is 0 Å². The summed E-state index contributed by atoms with van der Waals surface area (Å²) < 4.78 is 14.7. The minimum atomic E-state index is -0.0885. The fourth-order valence-electron chi connectivity index (χ4n) is 5.40. The predicted octanol–water partition coefficient (Wildman–Crippen LogP) is 9.01. The summed E-state index contributed by atoms with van der Waals surface area (Å²) in [6, 6.07) is 14.4. The highest BCUT2D eigenvalue weighted by molar-refractivity contribution is 5.64. The van der Waals surface area contributed by atoms with Crippen LogP contribution in [-0.4, -0.2) is 0 Å². The van der Waals surface area contributed by atoms with Crippen molar-refractivity contribution >= 4 is 0 Å². The first-order valence-corrected chi connectivity index (χ1v) is 12.5. The molecule has 1 aliphatic carbocycles. The molecule has 3 unspecified atom stereocenters. The number of hydrogen-bond donors (Lipinski definition) is 0. The van der Waals surface area contributed by atoms with Crippen LogP contribution in [0.5, 0.6) is 0 Å². The lowest BCUT2D eigenvalue weighted by Crippen LogP contribution is -2.23. The third-order valence-corrected chi connectivity index (χ3v) is 7.32. The molecule has 0 bridgehead atoms. The molecule has 1 heteroatoms. The summed E-state index contributed by atoms with van der Waals surface area (Å²) in [6.45, 7) is 6.98. The van der Waals surface area contributed by atoms with Gasteiger partial charge in [-0.15, -0.1) is 0 Å². The van der Waals surface area contributed by atoms with Gasteiger partial charge in [-0.2, -0.15) is 0 Å². The molecule has 2 aromatic rings. The SMILES string of the molecule is CCCCCc1ccc(-c2ccc(CCC3CCC(CCC)CC3C)cc2)c(F)c1. The number of rotatable bonds is 10. The van der Waals surface area contributed by atoms with Crippen LogP contribution in [0, 0.1) is 23.6 Å². The Morgan fingerprint density at radius 1 is 0.833 bits per heavy atom. The Kier molecular flexibility index (Phi) is 8.97. The topological polar surface area (TPSA) is 0 Å². The quantitative estimate of drug-likeness (QED) is 0.344. The molecular formula is C29H41F. The molecule has 0 aromatic heterocycles. The monoisotopic (exact) mass is 408 g/mol. The predicted molar refractivity (Wildman–Crippen MR) is 128 cm³/mol. The molecule has 0 amide bonds. The molecule has 0 N–H and O–H groups in total. The van der Waals surface area contributed by atoms with Crippen LogP contribution >= 0.6 is 0 Å². The molecule has 1 saturated carbocycles. The van der Waals surface area contributed by atoms with Crippen molar-refractivity contribution in [3.8, 4) is 11.1 Å². The maximum Gasteiger partial charge on any atom is 0.131 e. The summed E-state index contributed by atoms with van der Waals surface area (Å²) in [5, 5.41) is 0. The number of aryl methyl sites for hydroxylation is 2. The minimum Gasteiger partial charge on any atom is -0.206 e. The van der Waals surface area contributed by atoms with Gasteiger partial charge in [-0.3, -0.25) is 0 Å². The van der Waals surface area contributed by atoms with E-state index < -0.39 is 0 Å². The zero-order valence-corrected chi connectivity index (χ0v) is 19.4. The van der Waals surface area contributed by atoms with Gasteiger partial charge in [0.15, 0.2) is 0 Å². The van der Waals surface area contributed by atoms with Gasteiger partial charge < -0.3 is 0 Å². The second kappa shape index (κ2) is 11.7. The second-order valence-electron chi connectivity index (χ2n) is 9.71. The summed E-state index contributed by atoms with van der Waals surface area (Å²) >= 11 is 0. The molecule has 0 heterocycles. The minimum absolute atomic E-state index is 0.0885. The van der Waals surface area contributed by atoms with Gasteiger partial charge in [0.2, 0.25) is 0 Å². The first kappa shape index (κ1) is 23.0. The average molecular weight is 409 g/mol. The molecule has 3 rings (SSSR count). The van der Waals surface area contributed by atoms with E-state index in [-0.39, 0.29) is 5.82 Å². The molecule has 164 valence electrons. The van der Waals surface area contributed by atoms with Crippen molar-refractivity contribution in [2.45, 2.75) is 91.4 Å². The first-order valence-electron chi connectivity index (χ1n) is 12.5. The molecule has 1 fully saturated rings. The summed E-state index contributed by atoms with van der Waals surface area (Å²) in [4.78, 5) is 0. The van der Waals surface area contributed by atoms with Gasteiger partial charge >= 0.3 is 0 Å². The van der Waals surface area contributed by atoms with E-state index in [0.29, 0.717) is 0 Å². The van der Waals surface area contributed by atoms with Gasteiger partial charge in [-0.05, 0) is 79.0 Å². The summed E-state index contributed by atoms with van der Waals surface area (Å²) in [5.41, 5.74) is 4.22. The highest BCUT2D eigenvalue weighted by Gasteiger charge is 2.26. The van der Waals surface area contributed by atoms with Gasteiger partial charge in [-0.25, -0.2) is 4.39 Å². The van der Waals surface area contributed by atoms with Crippen molar-refractivity contribution in [2.24, 2.45) is 17.8 Å². The van der Waals surface area contributed by atoms with Crippen molar-refractivity contribution in [1.82, 2.24) is 0 Å². The van der Waals surface area contributed by atoms with E-state index in [4.69, 9.17) is 0 Å². The Bertz CT molecular complexity index is 760. The molecule has 0 saturated heterocycles. The molecule has 0 spiro atoms. The molecular weight excluding hydrogens is 367 g/mol. The van der Waals surface area contributed by atoms with E-state index in [1.165, 1.54) is 56.9 Å². The van der Waals surface area contributed by atoms with E-state index in [2.05, 4.69) is 51.1 Å². The highest BCUT2D eigenvalue weighted by atomic mass is 19.1. The van der Waals surface area contributed by atoms with Crippen molar-refractivity contribution in [2.75, 3.05) is 0 Å². The van der Waals surface area contributed by atoms with Crippen LogP contribution in [0.1, 0.15) is 89.7 Å². The summed E-state index contributed by atoms with van der Waals surface area (Å²) in [5.74, 6) is 2.61. The Hall–Kier alpha value is -1.63. The fourth-order valence-corrected chi connectivity index (χ4v) is 5.40. The lowest BCUT2D eigenvalue weighted by Gasteiger charge is -2.34. The van der Waals surface area contributed by atoms with E-state index >= 15 is 0 Å². The molecule has 0 radical (unpaired) electrons. The van der Waals surface area contributed by atoms with Crippen LogP contribution in [-0.2, 0) is 12.8 Å². The highest BCUT2D eigenvalue weighted by Crippen LogP contribution is 2.38. The smallest absolute Gasteiger partial charge is 0.131 e. The van der Waals surface area contributed by atoms with Crippen LogP contribution in [0.25, 0.3) is 11.1 Å². The van der Waals surface area contributed by atoms with Gasteiger partial charge in [-0.1, -0.05) is 89.3 Å². The first-order chi connectivity index (χ1) is 14.6. The normalized spacial score (nSPS) is 21.7. The Morgan fingerprint density at radius 2 is 1.60 bits per heavy atom. The van der Waals surface area contributed by atoms with Gasteiger partial charge in [0, 0.05) is 5.56 Å². The number of unbranched alkanes of at least 4 members (excludes halogenated alkanes) is 2. The molecule has 0 nitrogen and oxygen atoms in total. The Labute approximate surface area is 184 Å². The molecule has 3 atom stereocenters. The molecule has 2 aromatic carbocycles. The van der Waals surface area contributed by atoms with Gasteiger partial charge in [0.25, 0.3) is 0 Å². The maximum absolute atomic E-state index is 14.7. The maximum atomic E-state index is 14.7. The van der Waals surface area contributed by atoms with Crippen LogP contribution in [0.3, 0.4) is 0 Å². The van der Waals surface area contributed by atoms with Crippen LogP contribution in [0.4, 0.5) is 4.39 Å². The van der Waals surface area contributed by atoms with E-state index in [9.17, 15) is 4.39 Å². The molecule has 1 aliphatic rings. The summed E-state index contributed by atoms with van der Waals surface area (Å²) in [7, 11) is 0. The van der Waals surface area contributed by atoms with E-state index in [1.54, 1.807) is 6.07 Å². The van der Waals surface area contributed by atoms with Gasteiger partial charge in [0.05, 0.1) is 0 Å². The standard InChI is InChI=1S/C29H41F/c1-4-6-7-9-25-14-19-28(29(30)21-25)27-17-11-23(12-18-27)10-15-26-16-13-24(8-5-2)20-22(26)3/h11-12,14,17-19,21-22,24,26H,4-10,13,15-16,20H2,1-3H3. The Balaban J connectivity index is 1.54.